The Balaban J connectivity index is 4.60. The highest BCUT2D eigenvalue weighted by molar-refractivity contribution is 6.16. The molecular formula is C6H10N4O3. The molecular weight excluding hydrogens is 176 g/mol. The number of amidine groups is 1. The molecule has 0 aliphatic heterocycles. The number of hydrogen-bond acceptors (Lipinski definition) is 5. The second-order valence-corrected chi connectivity index (χ2v) is 2.09. The molecule has 1 atom stereocenters. The van der Waals surface area contributed by atoms with Gasteiger partial charge in [0.2, 0.25) is 0 Å². The van der Waals surface area contributed by atoms with Crippen LogP contribution in [0.5, 0.6) is 0 Å². The zero-order valence-electron chi connectivity index (χ0n) is 7.03. The number of esters is 1. The molecule has 7 heteroatoms. The molecule has 0 aromatic rings. The summed E-state index contributed by atoms with van der Waals surface area (Å²) in [4.78, 5) is 21.8. The van der Waals surface area contributed by atoms with Gasteiger partial charge in [0.25, 0.3) is 5.91 Å². The number of carbonyl (C=O) groups is 2. The lowest BCUT2D eigenvalue weighted by molar-refractivity contribution is -0.148. The fourth-order valence-electron chi connectivity index (χ4n) is 0.651. The van der Waals surface area contributed by atoms with E-state index in [1.54, 1.807) is 6.92 Å². The van der Waals surface area contributed by atoms with Crippen LogP contribution in [0.4, 0.5) is 0 Å². The average molecular weight is 186 g/mol. The first-order valence-electron chi connectivity index (χ1n) is 3.46. The summed E-state index contributed by atoms with van der Waals surface area (Å²) in [5, 5.41) is 9.41. The summed E-state index contributed by atoms with van der Waals surface area (Å²) in [6.45, 7) is 1.63. The highest BCUT2D eigenvalue weighted by Gasteiger charge is 2.30. The molecule has 0 aliphatic rings. The van der Waals surface area contributed by atoms with Crippen LogP contribution in [0.15, 0.2) is 5.11 Å². The Morgan fingerprint density at radius 3 is 2.46 bits per heavy atom. The van der Waals surface area contributed by atoms with Crippen LogP contribution in [0.1, 0.15) is 6.92 Å². The van der Waals surface area contributed by atoms with Gasteiger partial charge in [0, 0.05) is 0 Å². The number of nitrogens with two attached hydrogens (primary N) is 1. The fraction of sp³-hybridized carbons (Fsp3) is 0.500. The maximum absolute atomic E-state index is 11.0. The van der Waals surface area contributed by atoms with Gasteiger partial charge in [0.15, 0.2) is 5.92 Å². The van der Waals surface area contributed by atoms with Gasteiger partial charge in [-0.1, -0.05) is 0 Å². The Kier molecular flexibility index (Phi) is 4.28. The van der Waals surface area contributed by atoms with Gasteiger partial charge in [-0.05, 0) is 6.92 Å². The largest absolute Gasteiger partial charge is 0.465 e. The topological polar surface area (TPSA) is 129 Å². The molecule has 0 saturated heterocycles. The minimum absolute atomic E-state index is 0.0773. The van der Waals surface area contributed by atoms with E-state index < -0.39 is 23.6 Å². The average Bonchev–Trinajstić information content (AvgIpc) is 2.04. The van der Waals surface area contributed by atoms with E-state index in [9.17, 15) is 9.59 Å². The molecule has 0 spiro atoms. The van der Waals surface area contributed by atoms with Gasteiger partial charge in [0.1, 0.15) is 5.84 Å². The monoisotopic (exact) mass is 186 g/mol. The van der Waals surface area contributed by atoms with Crippen molar-refractivity contribution in [2.45, 2.75) is 6.92 Å². The molecule has 13 heavy (non-hydrogen) atoms. The van der Waals surface area contributed by atoms with Crippen molar-refractivity contribution < 1.29 is 14.3 Å². The highest BCUT2D eigenvalue weighted by atomic mass is 16.5. The van der Waals surface area contributed by atoms with Crippen molar-refractivity contribution in [2.24, 2.45) is 16.8 Å². The number of carbonyl (C=O) groups excluding carboxylic acids is 2. The van der Waals surface area contributed by atoms with E-state index in [1.807, 2.05) is 0 Å². The number of nitrogens with one attached hydrogen (secondary N) is 2. The van der Waals surface area contributed by atoms with Gasteiger partial charge in [-0.25, -0.2) is 5.53 Å². The number of hydrogen-bond donors (Lipinski definition) is 3. The minimum Gasteiger partial charge on any atom is -0.465 e. The Morgan fingerprint density at radius 2 is 2.15 bits per heavy atom. The molecule has 1 unspecified atom stereocenters. The zero-order chi connectivity index (χ0) is 10.4. The van der Waals surface area contributed by atoms with Gasteiger partial charge in [0.05, 0.1) is 6.61 Å². The Bertz CT molecular complexity index is 250. The third-order valence-electron chi connectivity index (χ3n) is 1.19. The third-order valence-corrected chi connectivity index (χ3v) is 1.19. The summed E-state index contributed by atoms with van der Waals surface area (Å²) in [6.07, 6.45) is 0. The summed E-state index contributed by atoms with van der Waals surface area (Å²) in [5.74, 6) is -4.28. The standard InChI is InChI=1S/C6H10N4O3/c1-2-13-6(12)3(4(7)8)5(11)10-9/h3,9H,2H2,1H3,(H3,7,8). The van der Waals surface area contributed by atoms with Crippen molar-refractivity contribution in [1.29, 1.82) is 10.9 Å². The second kappa shape index (κ2) is 4.96. The quantitative estimate of drug-likeness (QED) is 0.182. The van der Waals surface area contributed by atoms with Gasteiger partial charge in [-0.15, -0.1) is 5.11 Å². The lowest BCUT2D eigenvalue weighted by Crippen LogP contribution is -2.36. The van der Waals surface area contributed by atoms with Crippen LogP contribution in [-0.4, -0.2) is 24.3 Å². The number of rotatable bonds is 4. The minimum atomic E-state index is -1.57. The summed E-state index contributed by atoms with van der Waals surface area (Å²) in [7, 11) is 0. The van der Waals surface area contributed by atoms with E-state index in [-0.39, 0.29) is 6.61 Å². The molecule has 0 bridgehead atoms. The molecule has 0 aliphatic carbocycles. The van der Waals surface area contributed by atoms with Crippen LogP contribution in [0.3, 0.4) is 0 Å². The lowest BCUT2D eigenvalue weighted by Gasteiger charge is -2.08. The first-order chi connectivity index (χ1) is 6.04. The molecule has 4 N–H and O–H groups in total. The van der Waals surface area contributed by atoms with Gasteiger partial charge < -0.3 is 10.5 Å². The number of amides is 1. The highest BCUT2D eigenvalue weighted by Crippen LogP contribution is 2.02. The van der Waals surface area contributed by atoms with E-state index in [2.05, 4.69) is 9.85 Å². The van der Waals surface area contributed by atoms with Gasteiger partial charge in [-0.3, -0.25) is 15.0 Å². The summed E-state index contributed by atoms with van der Waals surface area (Å²) >= 11 is 0. The van der Waals surface area contributed by atoms with Crippen molar-refractivity contribution in [3.05, 3.63) is 0 Å². The van der Waals surface area contributed by atoms with Crippen LogP contribution >= 0.6 is 0 Å². The smallest absolute Gasteiger partial charge is 0.326 e. The van der Waals surface area contributed by atoms with Crippen LogP contribution in [0, 0.1) is 16.9 Å². The molecule has 72 valence electrons. The molecule has 0 radical (unpaired) electrons. The number of nitrogens with zero attached hydrogens (tertiary/aromatic N) is 1. The summed E-state index contributed by atoms with van der Waals surface area (Å²) in [6, 6.07) is 0. The molecule has 7 nitrogen and oxygen atoms in total. The molecule has 0 saturated carbocycles. The Hall–Kier alpha value is -1.79. The SMILES string of the molecule is CCOC(=O)C(C(=N)N)C(=O)N=N. The molecule has 0 rings (SSSR count). The molecule has 1 amide bonds. The molecule has 0 aromatic carbocycles. The van der Waals surface area contributed by atoms with E-state index >= 15 is 0 Å². The predicted octanol–water partition coefficient (Wildman–Crippen LogP) is -0.341. The second-order valence-electron chi connectivity index (χ2n) is 2.09. The first kappa shape index (κ1) is 11.2. The van der Waals surface area contributed by atoms with Gasteiger partial charge in [-0.2, -0.15) is 0 Å². The van der Waals surface area contributed by atoms with Crippen LogP contribution in [0.2, 0.25) is 0 Å². The third kappa shape index (κ3) is 2.97. The Labute approximate surface area is 74.3 Å². The van der Waals surface area contributed by atoms with E-state index in [0.717, 1.165) is 0 Å². The van der Waals surface area contributed by atoms with Crippen molar-refractivity contribution in [3.8, 4) is 0 Å². The van der Waals surface area contributed by atoms with Crippen molar-refractivity contribution in [2.75, 3.05) is 6.61 Å². The molecule has 0 aromatic heterocycles. The van der Waals surface area contributed by atoms with Crippen LogP contribution in [0.25, 0.3) is 0 Å². The van der Waals surface area contributed by atoms with Crippen molar-refractivity contribution in [3.63, 3.8) is 0 Å². The van der Waals surface area contributed by atoms with Gasteiger partial charge >= 0.3 is 5.97 Å². The van der Waals surface area contributed by atoms with Crippen LogP contribution < -0.4 is 5.73 Å². The maximum Gasteiger partial charge on any atom is 0.326 e. The predicted molar refractivity (Wildman–Crippen MR) is 42.2 cm³/mol. The maximum atomic E-state index is 11.0. The molecule has 0 heterocycles. The summed E-state index contributed by atoms with van der Waals surface area (Å²) in [5.41, 5.74) is 11.3. The van der Waals surface area contributed by atoms with Crippen LogP contribution in [-0.2, 0) is 14.3 Å². The zero-order valence-corrected chi connectivity index (χ0v) is 7.03. The van der Waals surface area contributed by atoms with E-state index in [4.69, 9.17) is 16.7 Å². The van der Waals surface area contributed by atoms with E-state index in [0.29, 0.717) is 0 Å². The van der Waals surface area contributed by atoms with E-state index in [1.165, 1.54) is 0 Å². The fourth-order valence-corrected chi connectivity index (χ4v) is 0.651. The Morgan fingerprint density at radius 1 is 1.62 bits per heavy atom. The number of ether oxygens (including phenoxy) is 1. The lowest BCUT2D eigenvalue weighted by atomic mass is 10.1. The summed E-state index contributed by atoms with van der Waals surface area (Å²) < 4.78 is 4.46. The van der Waals surface area contributed by atoms with Crippen molar-refractivity contribution in [1.82, 2.24) is 0 Å². The van der Waals surface area contributed by atoms with Crippen molar-refractivity contribution >= 4 is 17.7 Å². The normalized spacial score (nSPS) is 11.5. The molecule has 0 fully saturated rings. The first-order valence-corrected chi connectivity index (χ1v) is 3.46.